The van der Waals surface area contributed by atoms with Crippen molar-refractivity contribution >= 4 is 16.7 Å². The van der Waals surface area contributed by atoms with Gasteiger partial charge in [0.15, 0.2) is 0 Å². The number of aromatic nitrogens is 3. The third-order valence-corrected chi connectivity index (χ3v) is 4.72. The largest absolute Gasteiger partial charge is 0.497 e. The van der Waals surface area contributed by atoms with Crippen molar-refractivity contribution in [3.8, 4) is 5.75 Å². The first-order chi connectivity index (χ1) is 13.8. The summed E-state index contributed by atoms with van der Waals surface area (Å²) < 4.78 is 5.31. The monoisotopic (exact) mass is 370 g/mol. The fourth-order valence-corrected chi connectivity index (χ4v) is 3.26. The molecule has 0 aliphatic heterocycles. The van der Waals surface area contributed by atoms with E-state index >= 15 is 0 Å². The maximum atomic E-state index is 5.31. The molecule has 0 amide bonds. The van der Waals surface area contributed by atoms with Crippen LogP contribution in [0.2, 0.25) is 0 Å². The number of methoxy groups -OCH3 is 1. The summed E-state index contributed by atoms with van der Waals surface area (Å²) in [6.45, 7) is 4.06. The van der Waals surface area contributed by atoms with E-state index in [4.69, 9.17) is 4.74 Å². The van der Waals surface area contributed by atoms with Gasteiger partial charge in [-0.05, 0) is 42.0 Å². The molecule has 0 radical (unpaired) electrons. The summed E-state index contributed by atoms with van der Waals surface area (Å²) >= 11 is 0. The number of ether oxygens (including phenoxy) is 1. The number of para-hydroxylation sites is 1. The molecular weight excluding hydrogens is 348 g/mol. The minimum atomic E-state index is -0.180. The highest BCUT2D eigenvalue weighted by molar-refractivity contribution is 5.73. The molecule has 0 saturated heterocycles. The Labute approximate surface area is 164 Å². The normalized spacial score (nSPS) is 13.0. The van der Waals surface area contributed by atoms with Gasteiger partial charge in [-0.25, -0.2) is 0 Å². The second kappa shape index (κ2) is 7.96. The summed E-state index contributed by atoms with van der Waals surface area (Å²) in [5.41, 5.74) is 3.84. The van der Waals surface area contributed by atoms with Gasteiger partial charge in [0.2, 0.25) is 0 Å². The fraction of sp³-hybridized carbons (Fsp3) is 0.130. The van der Waals surface area contributed by atoms with Gasteiger partial charge in [-0.15, -0.1) is 6.58 Å². The molecule has 5 heteroatoms. The van der Waals surface area contributed by atoms with E-state index in [2.05, 4.69) is 34.2 Å². The Morgan fingerprint density at radius 3 is 2.07 bits per heavy atom. The maximum Gasteiger partial charge on any atom is 0.118 e. The smallest absolute Gasteiger partial charge is 0.118 e. The van der Waals surface area contributed by atoms with Gasteiger partial charge in [-0.1, -0.05) is 48.5 Å². The van der Waals surface area contributed by atoms with Crippen LogP contribution < -0.4 is 10.1 Å². The third-order valence-electron chi connectivity index (χ3n) is 4.72. The molecule has 1 aromatic heterocycles. The Bertz CT molecular complexity index is 1020. The van der Waals surface area contributed by atoms with Gasteiger partial charge in [-0.2, -0.15) is 15.0 Å². The Balaban J connectivity index is 1.75. The molecule has 3 aromatic carbocycles. The summed E-state index contributed by atoms with van der Waals surface area (Å²) in [7, 11) is 1.67. The van der Waals surface area contributed by atoms with Gasteiger partial charge in [-0.3, -0.25) is 0 Å². The molecule has 4 rings (SSSR count). The molecule has 28 heavy (non-hydrogen) atoms. The molecule has 0 aliphatic rings. The van der Waals surface area contributed by atoms with Crippen molar-refractivity contribution in [2.45, 2.75) is 12.1 Å². The minimum absolute atomic E-state index is 0.104. The Morgan fingerprint density at radius 2 is 1.50 bits per heavy atom. The van der Waals surface area contributed by atoms with Gasteiger partial charge in [0.05, 0.1) is 13.2 Å². The van der Waals surface area contributed by atoms with E-state index in [1.165, 1.54) is 0 Å². The number of nitrogens with one attached hydrogen (secondary N) is 1. The maximum absolute atomic E-state index is 5.31. The number of hydrogen-bond acceptors (Lipinski definition) is 4. The molecule has 5 nitrogen and oxygen atoms in total. The van der Waals surface area contributed by atoms with Gasteiger partial charge in [0.1, 0.15) is 22.8 Å². The molecule has 0 saturated carbocycles. The molecule has 0 fully saturated rings. The second-order valence-electron chi connectivity index (χ2n) is 6.50. The third kappa shape index (κ3) is 3.60. The molecule has 1 heterocycles. The fourth-order valence-electron chi connectivity index (χ4n) is 3.26. The minimum Gasteiger partial charge on any atom is -0.497 e. The van der Waals surface area contributed by atoms with Crippen LogP contribution in [0.4, 0.5) is 5.69 Å². The lowest BCUT2D eigenvalue weighted by molar-refractivity contribution is 0.412. The average molecular weight is 370 g/mol. The lowest BCUT2D eigenvalue weighted by Gasteiger charge is -2.26. The molecule has 1 N–H and O–H groups in total. The topological polar surface area (TPSA) is 52.0 Å². The van der Waals surface area contributed by atoms with E-state index in [0.717, 1.165) is 28.0 Å². The van der Waals surface area contributed by atoms with Crippen LogP contribution in [0.5, 0.6) is 5.75 Å². The molecule has 0 bridgehead atoms. The van der Waals surface area contributed by atoms with Crippen LogP contribution in [0.15, 0.2) is 91.5 Å². The van der Waals surface area contributed by atoms with E-state index in [1.54, 1.807) is 11.9 Å². The number of hydrogen-bond donors (Lipinski definition) is 1. The van der Waals surface area contributed by atoms with E-state index in [1.807, 2.05) is 72.8 Å². The van der Waals surface area contributed by atoms with Gasteiger partial charge < -0.3 is 10.1 Å². The Kier molecular flexibility index (Phi) is 5.06. The lowest BCUT2D eigenvalue weighted by atomic mass is 9.99. The van der Waals surface area contributed by atoms with Crippen molar-refractivity contribution in [2.75, 3.05) is 12.4 Å². The summed E-state index contributed by atoms with van der Waals surface area (Å²) in [6, 6.07) is 25.7. The van der Waals surface area contributed by atoms with Crippen molar-refractivity contribution in [1.29, 1.82) is 0 Å². The van der Waals surface area contributed by atoms with Crippen molar-refractivity contribution in [3.63, 3.8) is 0 Å². The highest BCUT2D eigenvalue weighted by atomic mass is 16.5. The van der Waals surface area contributed by atoms with Crippen molar-refractivity contribution < 1.29 is 4.74 Å². The second-order valence-corrected chi connectivity index (χ2v) is 6.50. The zero-order valence-corrected chi connectivity index (χ0v) is 15.7. The van der Waals surface area contributed by atoms with Gasteiger partial charge in [0, 0.05) is 5.69 Å². The van der Waals surface area contributed by atoms with Crippen molar-refractivity contribution in [2.24, 2.45) is 0 Å². The molecule has 2 atom stereocenters. The van der Waals surface area contributed by atoms with Crippen LogP contribution in [0.1, 0.15) is 17.6 Å². The van der Waals surface area contributed by atoms with Crippen molar-refractivity contribution in [3.05, 3.63) is 97.1 Å². The number of benzene rings is 3. The summed E-state index contributed by atoms with van der Waals surface area (Å²) in [5, 5.41) is 13.0. The van der Waals surface area contributed by atoms with Crippen LogP contribution in [-0.2, 0) is 0 Å². The van der Waals surface area contributed by atoms with Crippen molar-refractivity contribution in [1.82, 2.24) is 15.0 Å². The van der Waals surface area contributed by atoms with E-state index < -0.39 is 0 Å². The Morgan fingerprint density at radius 1 is 0.893 bits per heavy atom. The molecule has 2 unspecified atom stereocenters. The highest BCUT2D eigenvalue weighted by Crippen LogP contribution is 2.32. The number of anilines is 1. The SMILES string of the molecule is C=CC(C(Nc1ccccc1)c1ccc(OC)cc1)n1nc2ccccc2n1. The predicted molar refractivity (Wildman–Crippen MR) is 113 cm³/mol. The van der Waals surface area contributed by atoms with Gasteiger partial charge >= 0.3 is 0 Å². The zero-order chi connectivity index (χ0) is 19.3. The van der Waals surface area contributed by atoms with Crippen LogP contribution in [0.3, 0.4) is 0 Å². The van der Waals surface area contributed by atoms with Crippen LogP contribution in [0, 0.1) is 0 Å². The molecule has 140 valence electrons. The van der Waals surface area contributed by atoms with Crippen LogP contribution in [-0.4, -0.2) is 22.1 Å². The predicted octanol–water partition coefficient (Wildman–Crippen LogP) is 5.02. The zero-order valence-electron chi connectivity index (χ0n) is 15.7. The highest BCUT2D eigenvalue weighted by Gasteiger charge is 2.25. The van der Waals surface area contributed by atoms with Crippen LogP contribution in [0.25, 0.3) is 11.0 Å². The van der Waals surface area contributed by atoms with Gasteiger partial charge in [0.25, 0.3) is 0 Å². The first-order valence-corrected chi connectivity index (χ1v) is 9.18. The average Bonchev–Trinajstić information content (AvgIpc) is 3.18. The molecule has 0 spiro atoms. The standard InChI is InChI=1S/C23H22N4O/c1-3-22(27-25-20-11-7-8-12-21(20)26-27)23(24-18-9-5-4-6-10-18)17-13-15-19(28-2)16-14-17/h3-16,22-24H,1H2,2H3. The van der Waals surface area contributed by atoms with Crippen LogP contribution >= 0.6 is 0 Å². The quantitative estimate of drug-likeness (QED) is 0.464. The van der Waals surface area contributed by atoms with E-state index in [0.29, 0.717) is 0 Å². The summed E-state index contributed by atoms with van der Waals surface area (Å²) in [5.74, 6) is 0.820. The molecule has 4 aromatic rings. The summed E-state index contributed by atoms with van der Waals surface area (Å²) in [6.07, 6.45) is 1.88. The summed E-state index contributed by atoms with van der Waals surface area (Å²) in [4.78, 5) is 1.74. The molecular formula is C23H22N4O. The van der Waals surface area contributed by atoms with E-state index in [9.17, 15) is 0 Å². The lowest BCUT2D eigenvalue weighted by Crippen LogP contribution is -2.24. The Hall–Kier alpha value is -3.60. The first-order valence-electron chi connectivity index (χ1n) is 9.18. The van der Waals surface area contributed by atoms with E-state index in [-0.39, 0.29) is 12.1 Å². The number of rotatable bonds is 7. The molecule has 0 aliphatic carbocycles. The number of nitrogens with zero attached hydrogens (tertiary/aromatic N) is 3. The first kappa shape index (κ1) is 17.8. The number of fused-ring (bicyclic) bond motifs is 1.